The lowest BCUT2D eigenvalue weighted by atomic mass is 9.90. The van der Waals surface area contributed by atoms with E-state index >= 15 is 0 Å². The summed E-state index contributed by atoms with van der Waals surface area (Å²) in [6, 6.07) is 11.0. The van der Waals surface area contributed by atoms with Crippen molar-refractivity contribution in [3.05, 3.63) is 82.7 Å². The zero-order valence-corrected chi connectivity index (χ0v) is 14.6. The number of alkyl halides is 3. The van der Waals surface area contributed by atoms with Crippen LogP contribution in [0, 0.1) is 5.82 Å². The van der Waals surface area contributed by atoms with Crippen molar-refractivity contribution < 1.29 is 22.7 Å². The molecule has 0 saturated heterocycles. The minimum absolute atomic E-state index is 0.0491. The fourth-order valence-electron chi connectivity index (χ4n) is 3.25. The Morgan fingerprint density at radius 3 is 2.38 bits per heavy atom. The molecule has 4 nitrogen and oxygen atoms in total. The van der Waals surface area contributed by atoms with Crippen LogP contribution in [-0.2, 0) is 6.18 Å². The Labute approximate surface area is 161 Å². The predicted molar refractivity (Wildman–Crippen MR) is 99.9 cm³/mol. The van der Waals surface area contributed by atoms with Crippen molar-refractivity contribution in [1.29, 1.82) is 0 Å². The fraction of sp³-hybridized carbons (Fsp3) is 0.0476. The number of nitrogens with zero attached hydrogens (tertiary/aromatic N) is 1. The van der Waals surface area contributed by atoms with Crippen LogP contribution in [0.2, 0.25) is 0 Å². The number of phenolic OH excluding ortho intramolecular Hbond substituents is 1. The first kappa shape index (κ1) is 18.7. The number of phenols is 1. The monoisotopic (exact) mass is 400 g/mol. The number of fused-ring (bicyclic) bond motifs is 1. The Kier molecular flexibility index (Phi) is 4.34. The van der Waals surface area contributed by atoms with Gasteiger partial charge in [0.25, 0.3) is 5.56 Å². The van der Waals surface area contributed by atoms with Crippen molar-refractivity contribution in [2.75, 3.05) is 0 Å². The summed E-state index contributed by atoms with van der Waals surface area (Å²) >= 11 is 0. The maximum atomic E-state index is 13.4. The van der Waals surface area contributed by atoms with Gasteiger partial charge in [-0.05, 0) is 47.0 Å². The van der Waals surface area contributed by atoms with Crippen molar-refractivity contribution in [1.82, 2.24) is 9.97 Å². The Balaban J connectivity index is 2.14. The fourth-order valence-corrected chi connectivity index (χ4v) is 3.25. The number of rotatable bonds is 2. The molecule has 0 aliphatic carbocycles. The molecule has 8 heteroatoms. The Morgan fingerprint density at radius 2 is 1.69 bits per heavy atom. The molecule has 146 valence electrons. The highest BCUT2D eigenvalue weighted by atomic mass is 19.4. The van der Waals surface area contributed by atoms with Gasteiger partial charge in [0.15, 0.2) is 0 Å². The largest absolute Gasteiger partial charge is 0.506 e. The molecule has 0 amide bonds. The highest BCUT2D eigenvalue weighted by Gasteiger charge is 2.31. The van der Waals surface area contributed by atoms with E-state index in [1.165, 1.54) is 42.5 Å². The van der Waals surface area contributed by atoms with E-state index in [9.17, 15) is 27.5 Å². The van der Waals surface area contributed by atoms with Gasteiger partial charge in [-0.1, -0.05) is 24.3 Å². The molecule has 0 radical (unpaired) electrons. The molecule has 0 aliphatic rings. The third-order valence-corrected chi connectivity index (χ3v) is 4.53. The lowest BCUT2D eigenvalue weighted by Gasteiger charge is -2.16. The van der Waals surface area contributed by atoms with Gasteiger partial charge in [-0.3, -0.25) is 4.79 Å². The van der Waals surface area contributed by atoms with Gasteiger partial charge in [-0.2, -0.15) is 13.2 Å². The molecule has 0 bridgehead atoms. The summed E-state index contributed by atoms with van der Waals surface area (Å²) < 4.78 is 53.1. The van der Waals surface area contributed by atoms with E-state index in [-0.39, 0.29) is 33.3 Å². The molecule has 0 unspecified atom stereocenters. The number of aromatic amines is 1. The van der Waals surface area contributed by atoms with E-state index in [0.29, 0.717) is 5.56 Å². The van der Waals surface area contributed by atoms with Crippen molar-refractivity contribution in [2.45, 2.75) is 6.18 Å². The average molecular weight is 400 g/mol. The van der Waals surface area contributed by atoms with Gasteiger partial charge in [0.05, 0.1) is 17.3 Å². The van der Waals surface area contributed by atoms with E-state index in [4.69, 9.17) is 0 Å². The SMILES string of the molecule is O=c1[nH]cnc2c(O)cc(-c3ccc(F)cc3)c(-c3cccc(C(F)(F)F)c3)c12. The van der Waals surface area contributed by atoms with Gasteiger partial charge in [-0.25, -0.2) is 9.37 Å². The zero-order valence-electron chi connectivity index (χ0n) is 14.6. The molecular formula is C21H12F4N2O2. The normalized spacial score (nSPS) is 11.7. The molecular weight excluding hydrogens is 388 g/mol. The van der Waals surface area contributed by atoms with E-state index in [1.807, 2.05) is 0 Å². The summed E-state index contributed by atoms with van der Waals surface area (Å²) in [5, 5.41) is 10.3. The van der Waals surface area contributed by atoms with E-state index in [0.717, 1.165) is 18.5 Å². The van der Waals surface area contributed by atoms with Gasteiger partial charge in [0.1, 0.15) is 17.1 Å². The third kappa shape index (κ3) is 3.33. The van der Waals surface area contributed by atoms with Gasteiger partial charge >= 0.3 is 6.18 Å². The number of halogens is 4. The highest BCUT2D eigenvalue weighted by Crippen LogP contribution is 2.41. The second-order valence-electron chi connectivity index (χ2n) is 6.36. The molecule has 1 aromatic heterocycles. The third-order valence-electron chi connectivity index (χ3n) is 4.53. The zero-order chi connectivity index (χ0) is 20.8. The van der Waals surface area contributed by atoms with E-state index in [2.05, 4.69) is 9.97 Å². The van der Waals surface area contributed by atoms with Crippen molar-refractivity contribution >= 4 is 10.9 Å². The smallest absolute Gasteiger partial charge is 0.416 e. The summed E-state index contributed by atoms with van der Waals surface area (Å²) in [5.41, 5.74) is -0.602. The van der Waals surface area contributed by atoms with Crippen LogP contribution in [0.4, 0.5) is 17.6 Å². The van der Waals surface area contributed by atoms with Crippen LogP contribution < -0.4 is 5.56 Å². The number of nitrogens with one attached hydrogen (secondary N) is 1. The lowest BCUT2D eigenvalue weighted by molar-refractivity contribution is -0.137. The summed E-state index contributed by atoms with van der Waals surface area (Å²) in [7, 11) is 0. The average Bonchev–Trinajstić information content (AvgIpc) is 2.68. The Bertz CT molecular complexity index is 1280. The summed E-state index contributed by atoms with van der Waals surface area (Å²) in [6.07, 6.45) is -3.48. The minimum atomic E-state index is -4.58. The van der Waals surface area contributed by atoms with Crippen molar-refractivity contribution in [3.8, 4) is 28.0 Å². The van der Waals surface area contributed by atoms with Gasteiger partial charge in [0.2, 0.25) is 0 Å². The van der Waals surface area contributed by atoms with Crippen LogP contribution in [0.15, 0.2) is 65.7 Å². The maximum Gasteiger partial charge on any atom is 0.416 e. The van der Waals surface area contributed by atoms with Crippen LogP contribution in [0.3, 0.4) is 0 Å². The van der Waals surface area contributed by atoms with Crippen LogP contribution >= 0.6 is 0 Å². The molecule has 1 heterocycles. The van der Waals surface area contributed by atoms with Gasteiger partial charge in [-0.15, -0.1) is 0 Å². The molecule has 0 spiro atoms. The number of benzene rings is 3. The molecule has 0 saturated carbocycles. The quantitative estimate of drug-likeness (QED) is 0.459. The standard InChI is InChI=1S/C21H12F4N2O2/c22-14-6-4-11(5-7-14)15-9-16(28)19-18(20(29)27-10-26-19)17(15)12-2-1-3-13(8-12)21(23,24)25/h1-10,28H,(H,26,27,29). The molecule has 2 N–H and O–H groups in total. The predicted octanol–water partition coefficient (Wildman–Crippen LogP) is 5.12. The van der Waals surface area contributed by atoms with Crippen LogP contribution in [0.1, 0.15) is 5.56 Å². The second-order valence-corrected chi connectivity index (χ2v) is 6.36. The molecule has 0 aliphatic heterocycles. The molecule has 3 aromatic carbocycles. The number of aromatic hydroxyl groups is 1. The van der Waals surface area contributed by atoms with Crippen LogP contribution in [0.5, 0.6) is 5.75 Å². The summed E-state index contributed by atoms with van der Waals surface area (Å²) in [4.78, 5) is 18.9. The molecule has 0 fully saturated rings. The first-order valence-corrected chi connectivity index (χ1v) is 8.42. The van der Waals surface area contributed by atoms with Crippen LogP contribution in [0.25, 0.3) is 33.2 Å². The molecule has 0 atom stereocenters. The first-order valence-electron chi connectivity index (χ1n) is 8.42. The summed E-state index contributed by atoms with van der Waals surface area (Å²) in [6.45, 7) is 0. The first-order chi connectivity index (χ1) is 13.8. The minimum Gasteiger partial charge on any atom is -0.506 e. The number of hydrogen-bond acceptors (Lipinski definition) is 3. The lowest BCUT2D eigenvalue weighted by Crippen LogP contribution is -2.09. The van der Waals surface area contributed by atoms with E-state index < -0.39 is 23.1 Å². The number of aromatic nitrogens is 2. The van der Waals surface area contributed by atoms with Crippen molar-refractivity contribution in [2.24, 2.45) is 0 Å². The Hall–Kier alpha value is -3.68. The van der Waals surface area contributed by atoms with E-state index in [1.54, 1.807) is 0 Å². The Morgan fingerprint density at radius 1 is 0.966 bits per heavy atom. The molecule has 4 rings (SSSR count). The molecule has 29 heavy (non-hydrogen) atoms. The maximum absolute atomic E-state index is 13.4. The van der Waals surface area contributed by atoms with Crippen LogP contribution in [-0.4, -0.2) is 15.1 Å². The highest BCUT2D eigenvalue weighted by molar-refractivity contribution is 6.04. The van der Waals surface area contributed by atoms with Crippen molar-refractivity contribution in [3.63, 3.8) is 0 Å². The number of hydrogen-bond donors (Lipinski definition) is 2. The second kappa shape index (κ2) is 6.73. The topological polar surface area (TPSA) is 66.0 Å². The molecule has 4 aromatic rings. The number of H-pyrrole nitrogens is 1. The van der Waals surface area contributed by atoms with Gasteiger partial charge in [0, 0.05) is 5.56 Å². The summed E-state index contributed by atoms with van der Waals surface area (Å²) in [5.74, 6) is -0.819. The van der Waals surface area contributed by atoms with Gasteiger partial charge < -0.3 is 10.1 Å².